The Morgan fingerprint density at radius 2 is 2.12 bits per heavy atom. The van der Waals surface area contributed by atoms with Crippen LogP contribution < -0.4 is 5.48 Å². The molecule has 0 aliphatic heterocycles. The van der Waals surface area contributed by atoms with E-state index in [4.69, 9.17) is 5.21 Å². The van der Waals surface area contributed by atoms with Gasteiger partial charge in [-0.2, -0.15) is 10.5 Å². The molecule has 1 aromatic carbocycles. The van der Waals surface area contributed by atoms with Crippen molar-refractivity contribution in [2.24, 2.45) is 0 Å². The van der Waals surface area contributed by atoms with Crippen LogP contribution in [-0.4, -0.2) is 21.4 Å². The number of hydroxylamine groups is 1. The Hall–Kier alpha value is -2.16. The van der Waals surface area contributed by atoms with E-state index in [0.717, 1.165) is 11.1 Å². The van der Waals surface area contributed by atoms with Gasteiger partial charge in [-0.3, -0.25) is 0 Å². The maximum Gasteiger partial charge on any atom is 0.214 e. The van der Waals surface area contributed by atoms with Gasteiger partial charge >= 0.3 is 0 Å². The molecule has 86 valence electrons. The Labute approximate surface area is 98.4 Å². The molecule has 0 amide bonds. The van der Waals surface area contributed by atoms with Crippen LogP contribution in [-0.2, 0) is 0 Å². The molecule has 0 aliphatic rings. The van der Waals surface area contributed by atoms with Gasteiger partial charge in [-0.15, -0.1) is 0 Å². The summed E-state index contributed by atoms with van der Waals surface area (Å²) < 4.78 is 4.67. The van der Waals surface area contributed by atoms with Crippen molar-refractivity contribution in [3.63, 3.8) is 0 Å². The summed E-state index contributed by atoms with van der Waals surface area (Å²) in [6, 6.07) is 7.20. The van der Waals surface area contributed by atoms with Crippen LogP contribution in [0.15, 0.2) is 35.2 Å². The maximum absolute atomic E-state index is 8.60. The first-order valence-electron chi connectivity index (χ1n) is 5.07. The van der Waals surface area contributed by atoms with Crippen molar-refractivity contribution in [1.82, 2.24) is 15.6 Å². The molecule has 1 unspecified atom stereocenters. The van der Waals surface area contributed by atoms with Crippen molar-refractivity contribution < 1.29 is 9.73 Å². The summed E-state index contributed by atoms with van der Waals surface area (Å²) in [5.41, 5.74) is 3.80. The number of rotatable bonds is 2. The van der Waals surface area contributed by atoms with E-state index in [-0.39, 0.29) is 6.04 Å². The monoisotopic (exact) mass is 229 g/mol. The van der Waals surface area contributed by atoms with Crippen molar-refractivity contribution in [2.75, 3.05) is 0 Å². The molecule has 1 atom stereocenters. The van der Waals surface area contributed by atoms with Crippen LogP contribution in [0.5, 0.6) is 0 Å². The molecule has 5 heteroatoms. The first kappa shape index (κ1) is 11.3. The Balaban J connectivity index is 2.15. The lowest BCUT2D eigenvalue weighted by atomic mass is 10.1. The summed E-state index contributed by atoms with van der Waals surface area (Å²) >= 11 is 0. The summed E-state index contributed by atoms with van der Waals surface area (Å²) in [6.07, 6.45) is 1.29. The molecule has 5 nitrogen and oxygen atoms in total. The van der Waals surface area contributed by atoms with E-state index >= 15 is 0 Å². The third-order valence-corrected chi connectivity index (χ3v) is 2.13. The molecule has 2 rings (SSSR count). The van der Waals surface area contributed by atoms with Crippen LogP contribution >= 0.6 is 0 Å². The largest absolute Gasteiger partial charge is 0.342 e. The normalized spacial score (nSPS) is 11.6. The Bertz CT molecular complexity index is 523. The molecule has 0 aliphatic carbocycles. The first-order chi connectivity index (χ1) is 8.29. The van der Waals surface area contributed by atoms with Crippen molar-refractivity contribution in [2.45, 2.75) is 13.0 Å². The van der Waals surface area contributed by atoms with Gasteiger partial charge in [-0.25, -0.2) is 0 Å². The second-order valence-electron chi connectivity index (χ2n) is 3.45. The summed E-state index contributed by atoms with van der Waals surface area (Å²) in [6.45, 7) is 1.76. The molecule has 2 aromatic rings. The molecule has 0 radical (unpaired) electrons. The lowest BCUT2D eigenvalue weighted by Gasteiger charge is -1.97. The summed E-state index contributed by atoms with van der Waals surface area (Å²) in [5.74, 6) is 6.32. The zero-order chi connectivity index (χ0) is 12.1. The third kappa shape index (κ3) is 2.91. The highest BCUT2D eigenvalue weighted by Gasteiger charge is 2.01. The zero-order valence-corrected chi connectivity index (χ0v) is 9.21. The molecule has 0 fully saturated rings. The molecule has 0 saturated carbocycles. The van der Waals surface area contributed by atoms with E-state index in [9.17, 15) is 0 Å². The summed E-state index contributed by atoms with van der Waals surface area (Å²) in [7, 11) is 0. The fourth-order valence-corrected chi connectivity index (χ4v) is 1.22. The summed E-state index contributed by atoms with van der Waals surface area (Å²) in [4.78, 5) is 3.95. The Kier molecular flexibility index (Phi) is 3.50. The number of hydrogen-bond donors (Lipinski definition) is 2. The van der Waals surface area contributed by atoms with Gasteiger partial charge < -0.3 is 9.73 Å². The SMILES string of the molecule is CC(C#Cc1ccc(-c2ncon2)cc1)NO. The van der Waals surface area contributed by atoms with Gasteiger partial charge in [0.15, 0.2) is 0 Å². The van der Waals surface area contributed by atoms with Crippen LogP contribution in [0, 0.1) is 11.8 Å². The number of benzene rings is 1. The standard InChI is InChI=1S/C12H11N3O2/c1-9(14-16)2-3-10-4-6-11(7-5-10)12-13-8-17-15-12/h4-9,14,16H,1H3. The molecule has 1 heterocycles. The van der Waals surface area contributed by atoms with Gasteiger partial charge in [-0.1, -0.05) is 17.0 Å². The fraction of sp³-hybridized carbons (Fsp3) is 0.167. The van der Waals surface area contributed by atoms with Crippen molar-refractivity contribution in [3.8, 4) is 23.2 Å². The fourth-order valence-electron chi connectivity index (χ4n) is 1.22. The van der Waals surface area contributed by atoms with Gasteiger partial charge in [0, 0.05) is 11.1 Å². The van der Waals surface area contributed by atoms with Gasteiger partial charge in [-0.05, 0) is 31.2 Å². The molecule has 0 bridgehead atoms. The zero-order valence-electron chi connectivity index (χ0n) is 9.21. The second kappa shape index (κ2) is 5.25. The molecule has 1 aromatic heterocycles. The molecule has 0 spiro atoms. The number of hydrogen-bond acceptors (Lipinski definition) is 5. The van der Waals surface area contributed by atoms with Crippen LogP contribution in [0.1, 0.15) is 12.5 Å². The molecule has 17 heavy (non-hydrogen) atoms. The first-order valence-corrected chi connectivity index (χ1v) is 5.07. The van der Waals surface area contributed by atoms with E-state index in [1.807, 2.05) is 24.3 Å². The molecule has 0 saturated heterocycles. The van der Waals surface area contributed by atoms with E-state index < -0.39 is 0 Å². The number of nitrogens with zero attached hydrogens (tertiary/aromatic N) is 2. The van der Waals surface area contributed by atoms with Gasteiger partial charge in [0.05, 0.1) is 6.04 Å². The highest BCUT2D eigenvalue weighted by molar-refractivity contribution is 5.55. The highest BCUT2D eigenvalue weighted by atomic mass is 16.5. The highest BCUT2D eigenvalue weighted by Crippen LogP contribution is 2.14. The van der Waals surface area contributed by atoms with Crippen LogP contribution in [0.25, 0.3) is 11.4 Å². The van der Waals surface area contributed by atoms with E-state index in [1.165, 1.54) is 6.39 Å². The van der Waals surface area contributed by atoms with Crippen LogP contribution in [0.3, 0.4) is 0 Å². The smallest absolute Gasteiger partial charge is 0.214 e. The van der Waals surface area contributed by atoms with E-state index in [0.29, 0.717) is 5.82 Å². The minimum absolute atomic E-state index is 0.258. The molecular weight excluding hydrogens is 218 g/mol. The van der Waals surface area contributed by atoms with Crippen molar-refractivity contribution >= 4 is 0 Å². The minimum Gasteiger partial charge on any atom is -0.342 e. The van der Waals surface area contributed by atoms with Gasteiger partial charge in [0.1, 0.15) is 0 Å². The minimum atomic E-state index is -0.258. The number of aromatic nitrogens is 2. The predicted octanol–water partition coefficient (Wildman–Crippen LogP) is 1.46. The third-order valence-electron chi connectivity index (χ3n) is 2.13. The second-order valence-corrected chi connectivity index (χ2v) is 3.45. The van der Waals surface area contributed by atoms with Gasteiger partial charge in [0.2, 0.25) is 12.2 Å². The Morgan fingerprint density at radius 3 is 2.71 bits per heavy atom. The quantitative estimate of drug-likeness (QED) is 0.602. The maximum atomic E-state index is 8.60. The van der Waals surface area contributed by atoms with E-state index in [2.05, 4.69) is 32.0 Å². The van der Waals surface area contributed by atoms with Crippen molar-refractivity contribution in [3.05, 3.63) is 36.2 Å². The Morgan fingerprint density at radius 1 is 1.35 bits per heavy atom. The average Bonchev–Trinajstić information content (AvgIpc) is 2.90. The van der Waals surface area contributed by atoms with Crippen molar-refractivity contribution in [1.29, 1.82) is 0 Å². The lowest BCUT2D eigenvalue weighted by molar-refractivity contribution is 0.152. The molecular formula is C12H11N3O2. The van der Waals surface area contributed by atoms with E-state index in [1.54, 1.807) is 6.92 Å². The predicted molar refractivity (Wildman–Crippen MR) is 61.0 cm³/mol. The van der Waals surface area contributed by atoms with Gasteiger partial charge in [0.25, 0.3) is 0 Å². The lowest BCUT2D eigenvalue weighted by Crippen LogP contribution is -2.19. The molecule has 2 N–H and O–H groups in total. The topological polar surface area (TPSA) is 71.2 Å². The average molecular weight is 229 g/mol. The number of nitrogens with one attached hydrogen (secondary N) is 1. The summed E-state index contributed by atoms with van der Waals surface area (Å²) in [5, 5.41) is 12.3. The van der Waals surface area contributed by atoms with Crippen LogP contribution in [0.2, 0.25) is 0 Å². The van der Waals surface area contributed by atoms with Crippen LogP contribution in [0.4, 0.5) is 0 Å².